The molecule has 0 aliphatic carbocycles. The summed E-state index contributed by atoms with van der Waals surface area (Å²) in [5.74, 6) is -0.416. The number of carbonyl (C=O) groups is 2. The van der Waals surface area contributed by atoms with Gasteiger partial charge in [0, 0.05) is 31.7 Å². The molecule has 0 spiro atoms. The summed E-state index contributed by atoms with van der Waals surface area (Å²) < 4.78 is 7.33. The van der Waals surface area contributed by atoms with E-state index in [2.05, 4.69) is 11.8 Å². The van der Waals surface area contributed by atoms with Gasteiger partial charge in [0.15, 0.2) is 0 Å². The van der Waals surface area contributed by atoms with Crippen LogP contribution in [-0.2, 0) is 11.3 Å². The average Bonchev–Trinajstić information content (AvgIpc) is 2.75. The molecule has 192 valence electrons. The minimum atomic E-state index is -1.05. The molecule has 2 aromatic rings. The summed E-state index contributed by atoms with van der Waals surface area (Å²) >= 11 is 0. The van der Waals surface area contributed by atoms with Crippen molar-refractivity contribution in [3.63, 3.8) is 0 Å². The molecular weight excluding hydrogens is 448 g/mol. The molecule has 2 heterocycles. The Labute approximate surface area is 206 Å². The molecule has 1 unspecified atom stereocenters. The highest BCUT2D eigenvalue weighted by Crippen LogP contribution is 2.30. The van der Waals surface area contributed by atoms with E-state index in [9.17, 15) is 19.5 Å². The van der Waals surface area contributed by atoms with Crippen LogP contribution in [0.2, 0.25) is 0 Å². The molecule has 0 bridgehead atoms. The van der Waals surface area contributed by atoms with Crippen LogP contribution in [-0.4, -0.2) is 67.3 Å². The number of hydrogen-bond acceptors (Lipinski definition) is 6. The van der Waals surface area contributed by atoms with Gasteiger partial charge in [-0.1, -0.05) is 13.3 Å². The van der Waals surface area contributed by atoms with Gasteiger partial charge in [0.25, 0.3) is 5.56 Å². The fourth-order valence-corrected chi connectivity index (χ4v) is 4.97. The fourth-order valence-electron chi connectivity index (χ4n) is 4.97. The second kappa shape index (κ2) is 10.4. The number of nitrogens with zero attached hydrogens (tertiary/aromatic N) is 4. The number of hydrogen-bond donors (Lipinski definition) is 1. The lowest BCUT2D eigenvalue weighted by molar-refractivity contribution is -0.0247. The van der Waals surface area contributed by atoms with Crippen molar-refractivity contribution in [1.82, 2.24) is 19.4 Å². The van der Waals surface area contributed by atoms with Crippen LogP contribution in [0.1, 0.15) is 83.5 Å². The van der Waals surface area contributed by atoms with Crippen LogP contribution in [0.3, 0.4) is 0 Å². The highest BCUT2D eigenvalue weighted by atomic mass is 16.6. The van der Waals surface area contributed by atoms with Gasteiger partial charge in [-0.2, -0.15) is 0 Å². The first kappa shape index (κ1) is 26.7. The fraction of sp³-hybridized carbons (Fsp3) is 0.615. The van der Waals surface area contributed by atoms with E-state index in [1.54, 1.807) is 15.5 Å². The zero-order valence-corrected chi connectivity index (χ0v) is 21.9. The predicted octanol–water partition coefficient (Wildman–Crippen LogP) is 4.29. The standard InChI is InChI=1S/C26H38N4O5/c1-8-10-21(28-14-16(3)30(17(4)15-28)25(34)35-26(5,6)7)22-27-20-13-18(24(32)33)11-12-19(20)23(31)29(22)9-2/h11-13,16-17,21H,8-10,14-15H2,1-7H3,(H,32,33)/t16-,17+,21?. The van der Waals surface area contributed by atoms with Crippen LogP contribution in [0.4, 0.5) is 4.79 Å². The highest BCUT2D eigenvalue weighted by Gasteiger charge is 2.39. The number of ether oxygens (including phenoxy) is 1. The number of aromatic nitrogens is 2. The van der Waals surface area contributed by atoms with E-state index >= 15 is 0 Å². The van der Waals surface area contributed by atoms with Crippen molar-refractivity contribution in [3.8, 4) is 0 Å². The van der Waals surface area contributed by atoms with E-state index in [4.69, 9.17) is 9.72 Å². The average molecular weight is 487 g/mol. The third-order valence-electron chi connectivity index (χ3n) is 6.40. The minimum absolute atomic E-state index is 0.0891. The number of fused-ring (bicyclic) bond motifs is 1. The molecule has 3 atom stereocenters. The van der Waals surface area contributed by atoms with Gasteiger partial charge in [-0.3, -0.25) is 14.3 Å². The van der Waals surface area contributed by atoms with Gasteiger partial charge >= 0.3 is 12.1 Å². The molecule has 1 aromatic heterocycles. The number of rotatable bonds is 6. The van der Waals surface area contributed by atoms with Crippen molar-refractivity contribution in [1.29, 1.82) is 0 Å². The van der Waals surface area contributed by atoms with E-state index in [0.717, 1.165) is 12.8 Å². The van der Waals surface area contributed by atoms with Gasteiger partial charge in [-0.25, -0.2) is 14.6 Å². The number of carboxylic acids is 1. The van der Waals surface area contributed by atoms with E-state index in [1.807, 2.05) is 41.5 Å². The van der Waals surface area contributed by atoms with Gasteiger partial charge in [0.2, 0.25) is 0 Å². The summed E-state index contributed by atoms with van der Waals surface area (Å²) in [4.78, 5) is 46.7. The van der Waals surface area contributed by atoms with Gasteiger partial charge in [-0.05, 0) is 66.2 Å². The summed E-state index contributed by atoms with van der Waals surface area (Å²) in [6.07, 6.45) is 1.34. The van der Waals surface area contributed by atoms with E-state index in [1.165, 1.54) is 12.1 Å². The number of amides is 1. The van der Waals surface area contributed by atoms with Gasteiger partial charge in [-0.15, -0.1) is 0 Å². The monoisotopic (exact) mass is 486 g/mol. The van der Waals surface area contributed by atoms with Crippen molar-refractivity contribution in [2.45, 2.75) is 91.6 Å². The molecule has 1 fully saturated rings. The molecule has 1 aliphatic rings. The Morgan fingerprint density at radius 2 is 1.80 bits per heavy atom. The Bertz CT molecular complexity index is 1140. The van der Waals surface area contributed by atoms with Crippen LogP contribution >= 0.6 is 0 Å². The van der Waals surface area contributed by atoms with Gasteiger partial charge in [0.1, 0.15) is 11.4 Å². The van der Waals surface area contributed by atoms with Crippen LogP contribution in [0, 0.1) is 0 Å². The lowest BCUT2D eigenvalue weighted by atomic mass is 10.0. The van der Waals surface area contributed by atoms with Crippen molar-refractivity contribution < 1.29 is 19.4 Å². The van der Waals surface area contributed by atoms with Crippen molar-refractivity contribution in [2.75, 3.05) is 13.1 Å². The quantitative estimate of drug-likeness (QED) is 0.649. The Morgan fingerprint density at radius 1 is 1.17 bits per heavy atom. The molecule has 0 radical (unpaired) electrons. The van der Waals surface area contributed by atoms with E-state index < -0.39 is 11.6 Å². The predicted molar refractivity (Wildman–Crippen MR) is 135 cm³/mol. The number of aromatic carboxylic acids is 1. The maximum Gasteiger partial charge on any atom is 0.410 e. The van der Waals surface area contributed by atoms with E-state index in [-0.39, 0.29) is 35.3 Å². The lowest BCUT2D eigenvalue weighted by Gasteiger charge is -2.47. The van der Waals surface area contributed by atoms with Crippen LogP contribution < -0.4 is 5.56 Å². The molecule has 1 saturated heterocycles. The van der Waals surface area contributed by atoms with Crippen molar-refractivity contribution in [2.24, 2.45) is 0 Å². The van der Waals surface area contributed by atoms with Crippen LogP contribution in [0.25, 0.3) is 10.9 Å². The minimum Gasteiger partial charge on any atom is -0.478 e. The highest BCUT2D eigenvalue weighted by molar-refractivity contribution is 5.92. The lowest BCUT2D eigenvalue weighted by Crippen LogP contribution is -2.60. The molecule has 1 amide bonds. The first-order valence-corrected chi connectivity index (χ1v) is 12.4. The first-order chi connectivity index (χ1) is 16.4. The third-order valence-corrected chi connectivity index (χ3v) is 6.40. The molecule has 0 saturated carbocycles. The zero-order valence-electron chi connectivity index (χ0n) is 21.9. The van der Waals surface area contributed by atoms with Gasteiger partial charge in [0.05, 0.1) is 22.5 Å². The summed E-state index contributed by atoms with van der Waals surface area (Å²) in [6.45, 7) is 15.3. The molecule has 9 heteroatoms. The number of carboxylic acid groups (broad SMARTS) is 1. The number of piperazine rings is 1. The summed E-state index contributed by atoms with van der Waals surface area (Å²) in [7, 11) is 0. The SMILES string of the molecule is CCCC(c1nc2cc(C(=O)O)ccc2c(=O)n1CC)N1C[C@@H](C)N(C(=O)OC(C)(C)C)[C@@H](C)C1. The molecule has 3 rings (SSSR count). The van der Waals surface area contributed by atoms with Crippen molar-refractivity contribution in [3.05, 3.63) is 39.9 Å². The number of benzene rings is 1. The Balaban J connectivity index is 2.02. The second-order valence-corrected chi connectivity index (χ2v) is 10.4. The summed E-state index contributed by atoms with van der Waals surface area (Å²) in [6, 6.07) is 4.13. The Kier molecular flexibility index (Phi) is 7.89. The first-order valence-electron chi connectivity index (χ1n) is 12.4. The molecule has 1 N–H and O–H groups in total. The van der Waals surface area contributed by atoms with Gasteiger partial charge < -0.3 is 14.7 Å². The normalized spacial score (nSPS) is 20.1. The van der Waals surface area contributed by atoms with Crippen LogP contribution in [0.5, 0.6) is 0 Å². The zero-order chi connectivity index (χ0) is 26.1. The molecule has 35 heavy (non-hydrogen) atoms. The molecule has 1 aromatic carbocycles. The smallest absolute Gasteiger partial charge is 0.410 e. The maximum absolute atomic E-state index is 13.3. The topological polar surface area (TPSA) is 105 Å². The second-order valence-electron chi connectivity index (χ2n) is 10.4. The largest absolute Gasteiger partial charge is 0.478 e. The Hall–Kier alpha value is -2.94. The third kappa shape index (κ3) is 5.66. The van der Waals surface area contributed by atoms with E-state index in [0.29, 0.717) is 36.4 Å². The molecular formula is C26H38N4O5. The van der Waals surface area contributed by atoms with Crippen molar-refractivity contribution >= 4 is 23.0 Å². The maximum atomic E-state index is 13.3. The number of carbonyl (C=O) groups excluding carboxylic acids is 1. The molecule has 1 aliphatic heterocycles. The molecule has 9 nitrogen and oxygen atoms in total. The Morgan fingerprint density at radius 3 is 2.31 bits per heavy atom. The van der Waals surface area contributed by atoms with Crippen LogP contribution in [0.15, 0.2) is 23.0 Å². The summed E-state index contributed by atoms with van der Waals surface area (Å²) in [5, 5.41) is 9.83. The summed E-state index contributed by atoms with van der Waals surface area (Å²) in [5.41, 5.74) is -0.243.